The molecule has 140 valence electrons. The first-order valence-electron chi connectivity index (χ1n) is 9.38. The van der Waals surface area contributed by atoms with Gasteiger partial charge in [-0.2, -0.15) is 9.78 Å². The zero-order valence-electron chi connectivity index (χ0n) is 15.9. The molecular weight excluding hydrogens is 360 g/mol. The molecule has 0 atom stereocenters. The van der Waals surface area contributed by atoms with Crippen molar-refractivity contribution in [3.05, 3.63) is 101 Å². The minimum absolute atomic E-state index is 0.189. The molecule has 5 rings (SSSR count). The van der Waals surface area contributed by atoms with Gasteiger partial charge in [0.05, 0.1) is 17.1 Å². The van der Waals surface area contributed by atoms with Crippen LogP contribution in [0.4, 0.5) is 0 Å². The number of fused-ring (bicyclic) bond motifs is 2. The van der Waals surface area contributed by atoms with Gasteiger partial charge in [0, 0.05) is 35.3 Å². The summed E-state index contributed by atoms with van der Waals surface area (Å²) in [5.41, 5.74) is 3.37. The minimum atomic E-state index is -0.189. The van der Waals surface area contributed by atoms with Crippen LogP contribution in [-0.2, 0) is 7.05 Å². The van der Waals surface area contributed by atoms with Gasteiger partial charge >= 0.3 is 0 Å². The lowest BCUT2D eigenvalue weighted by molar-refractivity contribution is 0.829. The standard InChI is InChI=1S/C24H18N4O/c1-27-16-18(19-11-6-8-14-22(19)27)15-25-28-23(17-9-3-2-4-10-17)26-21-13-7-5-12-20(21)24(28)29/h2-16H,1H3/b25-15-. The van der Waals surface area contributed by atoms with Gasteiger partial charge in [-0.15, -0.1) is 0 Å². The maximum absolute atomic E-state index is 13.2. The van der Waals surface area contributed by atoms with Gasteiger partial charge in [-0.05, 0) is 18.2 Å². The molecule has 29 heavy (non-hydrogen) atoms. The lowest BCUT2D eigenvalue weighted by atomic mass is 10.2. The average Bonchev–Trinajstić information content (AvgIpc) is 3.09. The highest BCUT2D eigenvalue weighted by Crippen LogP contribution is 2.20. The van der Waals surface area contributed by atoms with Gasteiger partial charge in [0.15, 0.2) is 5.82 Å². The fourth-order valence-corrected chi connectivity index (χ4v) is 3.60. The van der Waals surface area contributed by atoms with E-state index in [1.54, 1.807) is 12.3 Å². The third kappa shape index (κ3) is 2.93. The van der Waals surface area contributed by atoms with Crippen LogP contribution in [0.2, 0.25) is 0 Å². The quantitative estimate of drug-likeness (QED) is 0.436. The smallest absolute Gasteiger partial charge is 0.282 e. The third-order valence-corrected chi connectivity index (χ3v) is 5.03. The van der Waals surface area contributed by atoms with Crippen molar-refractivity contribution >= 4 is 28.0 Å². The van der Waals surface area contributed by atoms with Crippen molar-refractivity contribution in [3.63, 3.8) is 0 Å². The van der Waals surface area contributed by atoms with Crippen LogP contribution in [0.15, 0.2) is 95.0 Å². The van der Waals surface area contributed by atoms with Crippen LogP contribution in [0.3, 0.4) is 0 Å². The van der Waals surface area contributed by atoms with Gasteiger partial charge in [0.2, 0.25) is 0 Å². The second-order valence-electron chi connectivity index (χ2n) is 6.89. The molecule has 0 saturated carbocycles. The Morgan fingerprint density at radius 2 is 1.55 bits per heavy atom. The molecule has 0 bridgehead atoms. The van der Waals surface area contributed by atoms with E-state index in [2.05, 4.69) is 21.8 Å². The molecule has 0 spiro atoms. The van der Waals surface area contributed by atoms with E-state index in [0.29, 0.717) is 16.7 Å². The topological polar surface area (TPSA) is 52.2 Å². The number of nitrogens with zero attached hydrogens (tertiary/aromatic N) is 4. The van der Waals surface area contributed by atoms with Crippen LogP contribution in [0, 0.1) is 0 Å². The van der Waals surface area contributed by atoms with Crippen molar-refractivity contribution < 1.29 is 0 Å². The van der Waals surface area contributed by atoms with Gasteiger partial charge in [0.25, 0.3) is 5.56 Å². The molecule has 0 fully saturated rings. The predicted octanol–water partition coefficient (Wildman–Crippen LogP) is 4.44. The molecular formula is C24H18N4O. The van der Waals surface area contributed by atoms with Crippen molar-refractivity contribution in [2.45, 2.75) is 0 Å². The summed E-state index contributed by atoms with van der Waals surface area (Å²) in [5, 5.41) is 6.20. The van der Waals surface area contributed by atoms with Gasteiger partial charge in [-0.1, -0.05) is 60.7 Å². The molecule has 0 radical (unpaired) electrons. The number of rotatable bonds is 3. The first-order valence-corrected chi connectivity index (χ1v) is 9.38. The molecule has 5 aromatic rings. The summed E-state index contributed by atoms with van der Waals surface area (Å²) >= 11 is 0. The lowest BCUT2D eigenvalue weighted by Gasteiger charge is -2.09. The molecule has 5 heteroatoms. The summed E-state index contributed by atoms with van der Waals surface area (Å²) in [6.07, 6.45) is 3.74. The number of benzene rings is 3. The van der Waals surface area contributed by atoms with Crippen LogP contribution >= 0.6 is 0 Å². The Morgan fingerprint density at radius 3 is 2.38 bits per heavy atom. The van der Waals surface area contributed by atoms with Crippen LogP contribution in [0.1, 0.15) is 5.56 Å². The first kappa shape index (κ1) is 17.1. The summed E-state index contributed by atoms with van der Waals surface area (Å²) in [6, 6.07) is 25.1. The largest absolute Gasteiger partial charge is 0.350 e. The van der Waals surface area contributed by atoms with Gasteiger partial charge in [-0.3, -0.25) is 4.79 Å². The Hall–Kier alpha value is -3.99. The van der Waals surface area contributed by atoms with Gasteiger partial charge < -0.3 is 4.57 Å². The molecule has 0 aliphatic rings. The fraction of sp³-hybridized carbons (Fsp3) is 0.0417. The first-order chi connectivity index (χ1) is 14.2. The van der Waals surface area contributed by atoms with E-state index in [0.717, 1.165) is 22.0 Å². The number of hydrogen-bond donors (Lipinski definition) is 0. The number of para-hydroxylation sites is 2. The number of aromatic nitrogens is 3. The summed E-state index contributed by atoms with van der Waals surface area (Å²) in [7, 11) is 2.00. The zero-order valence-corrected chi connectivity index (χ0v) is 15.9. The molecule has 5 nitrogen and oxygen atoms in total. The second-order valence-corrected chi connectivity index (χ2v) is 6.89. The molecule has 2 aromatic heterocycles. The SMILES string of the molecule is Cn1cc(/C=N\n2c(-c3ccccc3)nc3ccccc3c2=O)c2ccccc21. The van der Waals surface area contributed by atoms with Crippen molar-refractivity contribution in [1.82, 2.24) is 14.2 Å². The maximum atomic E-state index is 13.2. The monoisotopic (exact) mass is 378 g/mol. The average molecular weight is 378 g/mol. The van der Waals surface area contributed by atoms with Crippen molar-refractivity contribution in [1.29, 1.82) is 0 Å². The maximum Gasteiger partial charge on any atom is 0.282 e. The van der Waals surface area contributed by atoms with E-state index in [4.69, 9.17) is 4.98 Å². The molecule has 0 saturated heterocycles. The molecule has 0 aliphatic carbocycles. The van der Waals surface area contributed by atoms with Crippen LogP contribution in [-0.4, -0.2) is 20.4 Å². The molecule has 0 unspecified atom stereocenters. The van der Waals surface area contributed by atoms with E-state index >= 15 is 0 Å². The van der Waals surface area contributed by atoms with E-state index in [9.17, 15) is 4.79 Å². The lowest BCUT2D eigenvalue weighted by Crippen LogP contribution is -2.20. The molecule has 0 aliphatic heterocycles. The van der Waals surface area contributed by atoms with Crippen molar-refractivity contribution in [2.75, 3.05) is 0 Å². The van der Waals surface area contributed by atoms with E-state index < -0.39 is 0 Å². The Balaban J connectivity index is 1.74. The minimum Gasteiger partial charge on any atom is -0.350 e. The highest BCUT2D eigenvalue weighted by Gasteiger charge is 2.12. The molecule has 0 amide bonds. The summed E-state index contributed by atoms with van der Waals surface area (Å²) in [4.78, 5) is 17.9. The Labute approximate surface area is 167 Å². The second kappa shape index (κ2) is 6.87. The Bertz CT molecular complexity index is 1430. The number of hydrogen-bond acceptors (Lipinski definition) is 3. The van der Waals surface area contributed by atoms with E-state index in [1.807, 2.05) is 73.9 Å². The van der Waals surface area contributed by atoms with Gasteiger partial charge in [0.1, 0.15) is 0 Å². The van der Waals surface area contributed by atoms with Crippen molar-refractivity contribution in [3.8, 4) is 11.4 Å². The van der Waals surface area contributed by atoms with E-state index in [-0.39, 0.29) is 5.56 Å². The Kier molecular flexibility index (Phi) is 4.06. The van der Waals surface area contributed by atoms with Gasteiger partial charge in [-0.25, -0.2) is 4.98 Å². The Morgan fingerprint density at radius 1 is 0.862 bits per heavy atom. The highest BCUT2D eigenvalue weighted by atomic mass is 16.1. The third-order valence-electron chi connectivity index (χ3n) is 5.03. The highest BCUT2D eigenvalue weighted by molar-refractivity contribution is 5.99. The van der Waals surface area contributed by atoms with Crippen LogP contribution < -0.4 is 5.56 Å². The summed E-state index contributed by atoms with van der Waals surface area (Å²) < 4.78 is 3.44. The zero-order chi connectivity index (χ0) is 19.8. The predicted molar refractivity (Wildman–Crippen MR) is 117 cm³/mol. The molecule has 3 aromatic carbocycles. The molecule has 2 heterocycles. The summed E-state index contributed by atoms with van der Waals surface area (Å²) in [6.45, 7) is 0. The normalized spacial score (nSPS) is 11.6. The van der Waals surface area contributed by atoms with Crippen molar-refractivity contribution in [2.24, 2.45) is 12.1 Å². The number of aryl methyl sites for hydroxylation is 1. The van der Waals surface area contributed by atoms with Crippen LogP contribution in [0.5, 0.6) is 0 Å². The van der Waals surface area contributed by atoms with Crippen LogP contribution in [0.25, 0.3) is 33.2 Å². The molecule has 0 N–H and O–H groups in total. The summed E-state index contributed by atoms with van der Waals surface area (Å²) in [5.74, 6) is 0.519. The fourth-order valence-electron chi connectivity index (χ4n) is 3.60. The van der Waals surface area contributed by atoms with E-state index in [1.165, 1.54) is 4.68 Å².